The Balaban J connectivity index is 1.78. The molecular weight excluding hydrogens is 258 g/mol. The Labute approximate surface area is 123 Å². The van der Waals surface area contributed by atoms with Crippen molar-refractivity contribution in [3.8, 4) is 11.5 Å². The average molecular weight is 273 g/mol. The Morgan fingerprint density at radius 2 is 1.67 bits per heavy atom. The summed E-state index contributed by atoms with van der Waals surface area (Å²) in [6.07, 6.45) is 0. The summed E-state index contributed by atoms with van der Waals surface area (Å²) < 4.78 is 6.09. The lowest BCUT2D eigenvalue weighted by Crippen LogP contribution is -1.85. The second-order valence-corrected chi connectivity index (χ2v) is 5.28. The van der Waals surface area contributed by atoms with E-state index in [1.165, 1.54) is 10.8 Å². The first-order valence-electron chi connectivity index (χ1n) is 7.04. The zero-order chi connectivity index (χ0) is 14.2. The molecule has 0 unspecified atom stereocenters. The number of rotatable bonds is 2. The second-order valence-electron chi connectivity index (χ2n) is 5.28. The Kier molecular flexibility index (Phi) is 2.68. The third kappa shape index (κ3) is 2.15. The van der Waals surface area contributed by atoms with Crippen LogP contribution in [-0.2, 0) is 0 Å². The minimum absolute atomic E-state index is 0.861. The number of hydrogen-bond donors (Lipinski definition) is 1. The van der Waals surface area contributed by atoms with Gasteiger partial charge in [-0.05, 0) is 48.0 Å². The van der Waals surface area contributed by atoms with Gasteiger partial charge in [-0.1, -0.05) is 36.4 Å². The largest absolute Gasteiger partial charge is 0.457 e. The van der Waals surface area contributed by atoms with Crippen LogP contribution in [-0.4, -0.2) is 4.98 Å². The summed E-state index contributed by atoms with van der Waals surface area (Å²) in [5, 5.41) is 3.52. The first kappa shape index (κ1) is 12.0. The molecule has 1 heterocycles. The van der Waals surface area contributed by atoms with Gasteiger partial charge in [0.2, 0.25) is 0 Å². The summed E-state index contributed by atoms with van der Waals surface area (Å²) in [5.74, 6) is 1.74. The van der Waals surface area contributed by atoms with Crippen molar-refractivity contribution < 1.29 is 4.74 Å². The van der Waals surface area contributed by atoms with E-state index in [0.717, 1.165) is 28.1 Å². The molecule has 0 aliphatic rings. The highest BCUT2D eigenvalue weighted by Gasteiger charge is 2.06. The number of aromatic amines is 1. The standard InChI is InChI=1S/C19H15NO/c1-13-11-17-18(20-13)7-4-8-19(17)21-16-10-9-14-5-2-3-6-15(14)12-16/h2-12,20H,1H3. The molecule has 0 aliphatic heterocycles. The Bertz CT molecular complexity index is 937. The fraction of sp³-hybridized carbons (Fsp3) is 0.0526. The van der Waals surface area contributed by atoms with Crippen molar-refractivity contribution in [3.63, 3.8) is 0 Å². The maximum Gasteiger partial charge on any atom is 0.136 e. The lowest BCUT2D eigenvalue weighted by Gasteiger charge is -2.08. The van der Waals surface area contributed by atoms with Gasteiger partial charge >= 0.3 is 0 Å². The molecule has 21 heavy (non-hydrogen) atoms. The SMILES string of the molecule is Cc1cc2c(Oc3ccc4ccccc4c3)cccc2[nH]1. The summed E-state index contributed by atoms with van der Waals surface area (Å²) in [6.45, 7) is 2.06. The van der Waals surface area contributed by atoms with Crippen LogP contribution in [0.25, 0.3) is 21.7 Å². The van der Waals surface area contributed by atoms with Crippen LogP contribution < -0.4 is 4.74 Å². The van der Waals surface area contributed by atoms with E-state index in [2.05, 4.69) is 48.3 Å². The smallest absolute Gasteiger partial charge is 0.136 e. The van der Waals surface area contributed by atoms with Gasteiger partial charge in [-0.3, -0.25) is 0 Å². The van der Waals surface area contributed by atoms with Crippen LogP contribution in [0, 0.1) is 6.92 Å². The molecule has 0 atom stereocenters. The van der Waals surface area contributed by atoms with Crippen LogP contribution in [0.2, 0.25) is 0 Å². The fourth-order valence-electron chi connectivity index (χ4n) is 2.71. The predicted octanol–water partition coefficient (Wildman–Crippen LogP) is 5.42. The van der Waals surface area contributed by atoms with Gasteiger partial charge in [-0.25, -0.2) is 0 Å². The van der Waals surface area contributed by atoms with Crippen molar-refractivity contribution in [1.29, 1.82) is 0 Å². The third-order valence-corrected chi connectivity index (χ3v) is 3.71. The van der Waals surface area contributed by atoms with Crippen LogP contribution in [0.3, 0.4) is 0 Å². The van der Waals surface area contributed by atoms with Crippen LogP contribution in [0.4, 0.5) is 0 Å². The highest BCUT2D eigenvalue weighted by atomic mass is 16.5. The summed E-state index contributed by atoms with van der Waals surface area (Å²) in [4.78, 5) is 3.33. The van der Waals surface area contributed by atoms with Gasteiger partial charge in [0.15, 0.2) is 0 Å². The van der Waals surface area contributed by atoms with Crippen LogP contribution in [0.1, 0.15) is 5.69 Å². The molecule has 0 aliphatic carbocycles. The van der Waals surface area contributed by atoms with Crippen LogP contribution in [0.15, 0.2) is 66.7 Å². The summed E-state index contributed by atoms with van der Waals surface area (Å²) in [5.41, 5.74) is 2.24. The minimum Gasteiger partial charge on any atom is -0.457 e. The lowest BCUT2D eigenvalue weighted by molar-refractivity contribution is 0.489. The molecule has 0 radical (unpaired) electrons. The van der Waals surface area contributed by atoms with E-state index in [9.17, 15) is 0 Å². The number of aryl methyl sites for hydroxylation is 1. The molecule has 3 aromatic carbocycles. The van der Waals surface area contributed by atoms with E-state index >= 15 is 0 Å². The van der Waals surface area contributed by atoms with E-state index in [4.69, 9.17) is 4.74 Å². The van der Waals surface area contributed by atoms with Crippen molar-refractivity contribution in [2.75, 3.05) is 0 Å². The minimum atomic E-state index is 0.861. The quantitative estimate of drug-likeness (QED) is 0.518. The highest BCUT2D eigenvalue weighted by Crippen LogP contribution is 2.31. The number of benzene rings is 3. The third-order valence-electron chi connectivity index (χ3n) is 3.71. The molecule has 1 N–H and O–H groups in total. The maximum atomic E-state index is 6.09. The molecule has 2 nitrogen and oxygen atoms in total. The van der Waals surface area contributed by atoms with Crippen LogP contribution in [0.5, 0.6) is 11.5 Å². The lowest BCUT2D eigenvalue weighted by atomic mass is 10.1. The molecule has 0 bridgehead atoms. The van der Waals surface area contributed by atoms with Gasteiger partial charge in [-0.2, -0.15) is 0 Å². The van der Waals surface area contributed by atoms with Gasteiger partial charge in [0.25, 0.3) is 0 Å². The molecule has 4 aromatic rings. The van der Waals surface area contributed by atoms with Crippen molar-refractivity contribution in [2.45, 2.75) is 6.92 Å². The Morgan fingerprint density at radius 1 is 0.810 bits per heavy atom. The molecule has 0 saturated carbocycles. The van der Waals surface area contributed by atoms with Gasteiger partial charge in [0.05, 0.1) is 0 Å². The van der Waals surface area contributed by atoms with Gasteiger partial charge in [0, 0.05) is 16.6 Å². The number of hydrogen-bond acceptors (Lipinski definition) is 1. The Hall–Kier alpha value is -2.74. The van der Waals surface area contributed by atoms with E-state index in [1.807, 2.05) is 30.3 Å². The van der Waals surface area contributed by atoms with E-state index < -0.39 is 0 Å². The van der Waals surface area contributed by atoms with E-state index in [1.54, 1.807) is 0 Å². The maximum absolute atomic E-state index is 6.09. The van der Waals surface area contributed by atoms with E-state index in [0.29, 0.717) is 0 Å². The number of nitrogens with one attached hydrogen (secondary N) is 1. The molecule has 0 spiro atoms. The molecule has 1 aromatic heterocycles. The second kappa shape index (κ2) is 4.67. The van der Waals surface area contributed by atoms with Crippen molar-refractivity contribution in [1.82, 2.24) is 4.98 Å². The van der Waals surface area contributed by atoms with Crippen LogP contribution >= 0.6 is 0 Å². The summed E-state index contributed by atoms with van der Waals surface area (Å²) in [6, 6.07) is 22.7. The first-order chi connectivity index (χ1) is 10.3. The zero-order valence-electron chi connectivity index (χ0n) is 11.8. The van der Waals surface area contributed by atoms with Crippen molar-refractivity contribution in [2.24, 2.45) is 0 Å². The predicted molar refractivity (Wildman–Crippen MR) is 87.1 cm³/mol. The van der Waals surface area contributed by atoms with Gasteiger partial charge in [-0.15, -0.1) is 0 Å². The molecule has 4 rings (SSSR count). The topological polar surface area (TPSA) is 25.0 Å². The molecule has 2 heteroatoms. The average Bonchev–Trinajstić information content (AvgIpc) is 2.89. The molecular formula is C19H15NO. The number of H-pyrrole nitrogens is 1. The summed E-state index contributed by atoms with van der Waals surface area (Å²) in [7, 11) is 0. The molecule has 0 fully saturated rings. The monoisotopic (exact) mass is 273 g/mol. The molecule has 0 amide bonds. The highest BCUT2D eigenvalue weighted by molar-refractivity contribution is 5.87. The zero-order valence-corrected chi connectivity index (χ0v) is 11.8. The number of ether oxygens (including phenoxy) is 1. The number of fused-ring (bicyclic) bond motifs is 2. The van der Waals surface area contributed by atoms with Gasteiger partial charge < -0.3 is 9.72 Å². The molecule has 0 saturated heterocycles. The van der Waals surface area contributed by atoms with Crippen molar-refractivity contribution >= 4 is 21.7 Å². The normalized spacial score (nSPS) is 11.1. The van der Waals surface area contributed by atoms with E-state index in [-0.39, 0.29) is 0 Å². The number of aromatic nitrogens is 1. The first-order valence-corrected chi connectivity index (χ1v) is 7.04. The Morgan fingerprint density at radius 3 is 2.57 bits per heavy atom. The van der Waals surface area contributed by atoms with Gasteiger partial charge in [0.1, 0.15) is 11.5 Å². The van der Waals surface area contributed by atoms with Crippen molar-refractivity contribution in [3.05, 3.63) is 72.4 Å². The molecule has 102 valence electrons. The summed E-state index contributed by atoms with van der Waals surface area (Å²) >= 11 is 0. The fourth-order valence-corrected chi connectivity index (χ4v) is 2.71.